The van der Waals surface area contributed by atoms with Gasteiger partial charge in [0.15, 0.2) is 0 Å². The van der Waals surface area contributed by atoms with Gasteiger partial charge in [-0.15, -0.1) is 12.4 Å². The van der Waals surface area contributed by atoms with Gasteiger partial charge in [-0.05, 0) is 50.4 Å². The van der Waals surface area contributed by atoms with E-state index in [0.29, 0.717) is 12.5 Å². The average Bonchev–Trinajstić information content (AvgIpc) is 2.84. The van der Waals surface area contributed by atoms with Crippen LogP contribution in [0.3, 0.4) is 0 Å². The quantitative estimate of drug-likeness (QED) is 0.860. The zero-order chi connectivity index (χ0) is 12.1. The molecule has 0 aromatic carbocycles. The topological polar surface area (TPSA) is 71.3 Å². The van der Waals surface area contributed by atoms with Crippen molar-refractivity contribution in [2.75, 3.05) is 19.6 Å². The second kappa shape index (κ2) is 7.13. The van der Waals surface area contributed by atoms with Gasteiger partial charge in [0, 0.05) is 6.54 Å². The van der Waals surface area contributed by atoms with Crippen molar-refractivity contribution in [2.45, 2.75) is 24.4 Å². The van der Waals surface area contributed by atoms with Gasteiger partial charge in [-0.3, -0.25) is 0 Å². The lowest BCUT2D eigenvalue weighted by molar-refractivity contribution is 0.357. The molecule has 1 aliphatic heterocycles. The van der Waals surface area contributed by atoms with Gasteiger partial charge in [-0.25, -0.2) is 13.1 Å². The summed E-state index contributed by atoms with van der Waals surface area (Å²) in [6.45, 7) is 2.53. The van der Waals surface area contributed by atoms with Crippen LogP contribution in [0.5, 0.6) is 0 Å². The molecule has 104 valence electrons. The summed E-state index contributed by atoms with van der Waals surface area (Å²) in [7, 11) is -3.45. The Bertz CT molecular complexity index is 427. The smallest absolute Gasteiger partial charge is 0.273 e. The third-order valence-electron chi connectivity index (χ3n) is 3.00. The van der Waals surface area contributed by atoms with E-state index in [1.807, 2.05) is 0 Å². The third kappa shape index (κ3) is 4.28. The number of halogens is 1. The van der Waals surface area contributed by atoms with E-state index >= 15 is 0 Å². The Morgan fingerprint density at radius 2 is 2.33 bits per heavy atom. The Balaban J connectivity index is 0.00000162. The summed E-state index contributed by atoms with van der Waals surface area (Å²) in [5, 5.41) is 3.30. The minimum absolute atomic E-state index is 0. The maximum absolute atomic E-state index is 11.7. The Kier molecular flexibility index (Phi) is 6.14. The minimum atomic E-state index is -3.45. The van der Waals surface area contributed by atoms with Crippen LogP contribution in [-0.2, 0) is 10.0 Å². The van der Waals surface area contributed by atoms with Gasteiger partial charge in [0.2, 0.25) is 5.09 Å². The van der Waals surface area contributed by atoms with Crippen molar-refractivity contribution in [3.8, 4) is 0 Å². The molecule has 0 amide bonds. The number of piperidine rings is 1. The molecule has 5 nitrogen and oxygen atoms in total. The molecule has 7 heteroatoms. The molecule has 0 saturated carbocycles. The molecule has 0 spiro atoms. The predicted octanol–water partition coefficient (Wildman–Crippen LogP) is 1.37. The molecule has 0 radical (unpaired) electrons. The molecular formula is C11H19ClN2O3S. The highest BCUT2D eigenvalue weighted by atomic mass is 35.5. The second-order valence-electron chi connectivity index (χ2n) is 4.33. The maximum Gasteiger partial charge on any atom is 0.273 e. The first-order valence-electron chi connectivity index (χ1n) is 5.92. The Hall–Kier alpha value is -0.560. The van der Waals surface area contributed by atoms with Crippen molar-refractivity contribution in [1.29, 1.82) is 0 Å². The first kappa shape index (κ1) is 15.5. The molecule has 1 unspecified atom stereocenters. The molecular weight excluding hydrogens is 276 g/mol. The molecule has 1 aliphatic rings. The van der Waals surface area contributed by atoms with E-state index in [4.69, 9.17) is 4.42 Å². The fourth-order valence-corrected chi connectivity index (χ4v) is 3.02. The van der Waals surface area contributed by atoms with Crippen LogP contribution in [-0.4, -0.2) is 28.1 Å². The number of nitrogens with one attached hydrogen (secondary N) is 2. The van der Waals surface area contributed by atoms with Crippen molar-refractivity contribution in [3.63, 3.8) is 0 Å². The lowest BCUT2D eigenvalue weighted by Gasteiger charge is -2.22. The fourth-order valence-electron chi connectivity index (χ4n) is 2.06. The molecule has 1 atom stereocenters. The van der Waals surface area contributed by atoms with Gasteiger partial charge in [-0.2, -0.15) is 0 Å². The monoisotopic (exact) mass is 294 g/mol. The SMILES string of the molecule is Cl.O=S(=O)(NCCC1CCCNC1)c1ccco1. The van der Waals surface area contributed by atoms with E-state index in [1.165, 1.54) is 25.2 Å². The van der Waals surface area contributed by atoms with Crippen LogP contribution in [0.25, 0.3) is 0 Å². The largest absolute Gasteiger partial charge is 0.452 e. The minimum Gasteiger partial charge on any atom is -0.452 e. The second-order valence-corrected chi connectivity index (χ2v) is 6.03. The standard InChI is InChI=1S/C11H18N2O3S.ClH/c14-17(15,11-4-2-8-16-11)13-7-5-10-3-1-6-12-9-10;/h2,4,8,10,12-13H,1,3,5-7,9H2;1H. The molecule has 18 heavy (non-hydrogen) atoms. The Labute approximate surface area is 114 Å². The Morgan fingerprint density at radius 1 is 1.50 bits per heavy atom. The van der Waals surface area contributed by atoms with Gasteiger partial charge in [-0.1, -0.05) is 0 Å². The summed E-state index contributed by atoms with van der Waals surface area (Å²) in [5.41, 5.74) is 0. The predicted molar refractivity (Wildman–Crippen MR) is 71.4 cm³/mol. The van der Waals surface area contributed by atoms with Gasteiger partial charge in [0.05, 0.1) is 6.26 Å². The van der Waals surface area contributed by atoms with Crippen molar-refractivity contribution >= 4 is 22.4 Å². The first-order valence-corrected chi connectivity index (χ1v) is 7.41. The fraction of sp³-hybridized carbons (Fsp3) is 0.636. The third-order valence-corrected chi connectivity index (χ3v) is 4.35. The number of rotatable bonds is 5. The molecule has 2 N–H and O–H groups in total. The number of hydrogen-bond acceptors (Lipinski definition) is 4. The van der Waals surface area contributed by atoms with Crippen LogP contribution in [0, 0.1) is 5.92 Å². The summed E-state index contributed by atoms with van der Waals surface area (Å²) in [6.07, 6.45) is 4.58. The van der Waals surface area contributed by atoms with Crippen LogP contribution in [0.1, 0.15) is 19.3 Å². The summed E-state index contributed by atoms with van der Waals surface area (Å²) in [4.78, 5) is 0. The summed E-state index contributed by atoms with van der Waals surface area (Å²) >= 11 is 0. The average molecular weight is 295 g/mol. The van der Waals surface area contributed by atoms with E-state index in [2.05, 4.69) is 10.0 Å². The van der Waals surface area contributed by atoms with E-state index in [0.717, 1.165) is 19.5 Å². The van der Waals surface area contributed by atoms with Gasteiger partial charge < -0.3 is 9.73 Å². The summed E-state index contributed by atoms with van der Waals surface area (Å²) in [6, 6.07) is 3.02. The molecule has 2 heterocycles. The lowest BCUT2D eigenvalue weighted by atomic mass is 9.96. The van der Waals surface area contributed by atoms with Gasteiger partial charge >= 0.3 is 0 Å². The first-order chi connectivity index (χ1) is 8.18. The van der Waals surface area contributed by atoms with Crippen molar-refractivity contribution in [3.05, 3.63) is 18.4 Å². The van der Waals surface area contributed by atoms with Crippen molar-refractivity contribution in [1.82, 2.24) is 10.0 Å². The zero-order valence-corrected chi connectivity index (χ0v) is 11.7. The highest BCUT2D eigenvalue weighted by molar-refractivity contribution is 7.89. The molecule has 1 aromatic heterocycles. The molecule has 2 rings (SSSR count). The summed E-state index contributed by atoms with van der Waals surface area (Å²) < 4.78 is 30.9. The van der Waals surface area contributed by atoms with Crippen LogP contribution in [0.2, 0.25) is 0 Å². The molecule has 0 aliphatic carbocycles. The molecule has 1 aromatic rings. The zero-order valence-electron chi connectivity index (χ0n) is 10.1. The highest BCUT2D eigenvalue weighted by Gasteiger charge is 2.18. The van der Waals surface area contributed by atoms with Crippen LogP contribution in [0.15, 0.2) is 27.9 Å². The van der Waals surface area contributed by atoms with Crippen LogP contribution >= 0.6 is 12.4 Å². The number of furan rings is 1. The van der Waals surface area contributed by atoms with Crippen LogP contribution in [0.4, 0.5) is 0 Å². The number of sulfonamides is 1. The summed E-state index contributed by atoms with van der Waals surface area (Å²) in [5.74, 6) is 0.572. The Morgan fingerprint density at radius 3 is 2.94 bits per heavy atom. The molecule has 1 fully saturated rings. The molecule has 0 bridgehead atoms. The van der Waals surface area contributed by atoms with Gasteiger partial charge in [0.25, 0.3) is 10.0 Å². The van der Waals surface area contributed by atoms with Crippen molar-refractivity contribution in [2.24, 2.45) is 5.92 Å². The molecule has 1 saturated heterocycles. The van der Waals surface area contributed by atoms with E-state index in [9.17, 15) is 8.42 Å². The van der Waals surface area contributed by atoms with Crippen molar-refractivity contribution < 1.29 is 12.8 Å². The number of hydrogen-bond donors (Lipinski definition) is 2. The maximum atomic E-state index is 11.7. The highest BCUT2D eigenvalue weighted by Crippen LogP contribution is 2.14. The van der Waals surface area contributed by atoms with E-state index in [-0.39, 0.29) is 17.5 Å². The van der Waals surface area contributed by atoms with E-state index < -0.39 is 10.0 Å². The normalized spacial score (nSPS) is 20.3. The lowest BCUT2D eigenvalue weighted by Crippen LogP contribution is -2.33. The van der Waals surface area contributed by atoms with Gasteiger partial charge in [0.1, 0.15) is 0 Å². The van der Waals surface area contributed by atoms with E-state index in [1.54, 1.807) is 6.07 Å². The van der Waals surface area contributed by atoms with Crippen LogP contribution < -0.4 is 10.0 Å².